The van der Waals surface area contributed by atoms with Gasteiger partial charge in [0.05, 0.1) is 11.9 Å². The second-order valence-corrected chi connectivity index (χ2v) is 6.01. The lowest BCUT2D eigenvalue weighted by atomic mass is 10.1. The molecular formula is C12H19N3O3S. The molecule has 1 amide bonds. The number of amides is 1. The van der Waals surface area contributed by atoms with Crippen LogP contribution in [0.25, 0.3) is 0 Å². The quantitative estimate of drug-likeness (QED) is 0.657. The van der Waals surface area contributed by atoms with Crippen LogP contribution >= 0.6 is 0 Å². The highest BCUT2D eigenvalue weighted by Crippen LogP contribution is 2.17. The molecule has 0 spiro atoms. The van der Waals surface area contributed by atoms with E-state index in [2.05, 4.69) is 15.4 Å². The zero-order valence-corrected chi connectivity index (χ0v) is 12.1. The van der Waals surface area contributed by atoms with Crippen molar-refractivity contribution in [3.05, 3.63) is 29.3 Å². The number of rotatable bonds is 6. The lowest BCUT2D eigenvalue weighted by Gasteiger charge is -2.10. The third-order valence-electron chi connectivity index (χ3n) is 2.46. The van der Waals surface area contributed by atoms with E-state index in [1.807, 2.05) is 0 Å². The van der Waals surface area contributed by atoms with Crippen molar-refractivity contribution in [2.24, 2.45) is 0 Å². The number of hydrogen-bond acceptors (Lipinski definition) is 4. The van der Waals surface area contributed by atoms with Gasteiger partial charge in [0.15, 0.2) is 0 Å². The maximum absolute atomic E-state index is 11.8. The molecule has 0 aliphatic rings. The smallest absolute Gasteiger partial charge is 0.251 e. The molecule has 7 heteroatoms. The van der Waals surface area contributed by atoms with Crippen LogP contribution in [0.15, 0.2) is 18.2 Å². The van der Waals surface area contributed by atoms with Crippen molar-refractivity contribution in [1.82, 2.24) is 10.6 Å². The van der Waals surface area contributed by atoms with E-state index in [1.165, 1.54) is 6.07 Å². The minimum atomic E-state index is -3.35. The Morgan fingerprint density at radius 2 is 1.95 bits per heavy atom. The minimum absolute atomic E-state index is 0.230. The molecule has 0 heterocycles. The molecule has 0 aromatic heterocycles. The van der Waals surface area contributed by atoms with Gasteiger partial charge in [0.1, 0.15) is 0 Å². The number of carbonyl (C=O) groups excluding carboxylic acids is 1. The van der Waals surface area contributed by atoms with E-state index in [4.69, 9.17) is 0 Å². The summed E-state index contributed by atoms with van der Waals surface area (Å²) in [7, 11) is -1.56. The van der Waals surface area contributed by atoms with E-state index in [0.29, 0.717) is 24.3 Å². The van der Waals surface area contributed by atoms with Crippen molar-refractivity contribution >= 4 is 21.6 Å². The van der Waals surface area contributed by atoms with Crippen LogP contribution in [0, 0.1) is 6.92 Å². The predicted octanol–water partition coefficient (Wildman–Crippen LogP) is 0.316. The predicted molar refractivity (Wildman–Crippen MR) is 75.9 cm³/mol. The molecule has 0 radical (unpaired) electrons. The van der Waals surface area contributed by atoms with Gasteiger partial charge < -0.3 is 10.6 Å². The SMILES string of the molecule is CNCCNC(=O)c1ccc(C)c(NS(C)(=O)=O)c1. The fraction of sp³-hybridized carbons (Fsp3) is 0.417. The summed E-state index contributed by atoms with van der Waals surface area (Å²) in [5.41, 5.74) is 1.61. The van der Waals surface area contributed by atoms with E-state index < -0.39 is 10.0 Å². The Labute approximate surface area is 113 Å². The number of anilines is 1. The van der Waals surface area contributed by atoms with Crippen LogP contribution in [-0.4, -0.2) is 40.7 Å². The van der Waals surface area contributed by atoms with Gasteiger partial charge in [0.2, 0.25) is 10.0 Å². The first kappa shape index (κ1) is 15.5. The lowest BCUT2D eigenvalue weighted by molar-refractivity contribution is 0.0954. The summed E-state index contributed by atoms with van der Waals surface area (Å²) in [6.07, 6.45) is 1.08. The molecule has 6 nitrogen and oxygen atoms in total. The number of aryl methyl sites for hydroxylation is 1. The van der Waals surface area contributed by atoms with E-state index in [-0.39, 0.29) is 5.91 Å². The highest BCUT2D eigenvalue weighted by Gasteiger charge is 2.10. The van der Waals surface area contributed by atoms with E-state index in [1.54, 1.807) is 26.1 Å². The van der Waals surface area contributed by atoms with Crippen LogP contribution in [0.2, 0.25) is 0 Å². The Bertz CT molecular complexity index is 555. The molecule has 106 valence electrons. The molecule has 3 N–H and O–H groups in total. The first-order chi connectivity index (χ1) is 8.83. The molecule has 1 aromatic carbocycles. The zero-order chi connectivity index (χ0) is 14.5. The normalized spacial score (nSPS) is 11.1. The molecule has 0 atom stereocenters. The number of sulfonamides is 1. The maximum Gasteiger partial charge on any atom is 0.251 e. The summed E-state index contributed by atoms with van der Waals surface area (Å²) in [5, 5.41) is 5.65. The number of likely N-dealkylation sites (N-methyl/N-ethyl adjacent to an activating group) is 1. The van der Waals surface area contributed by atoms with Crippen LogP contribution < -0.4 is 15.4 Å². The summed E-state index contributed by atoms with van der Waals surface area (Å²) >= 11 is 0. The summed E-state index contributed by atoms with van der Waals surface area (Å²) < 4.78 is 24.8. The van der Waals surface area contributed by atoms with E-state index in [0.717, 1.165) is 11.8 Å². The second kappa shape index (κ2) is 6.53. The molecule has 0 aliphatic heterocycles. The Hall–Kier alpha value is -1.60. The molecule has 19 heavy (non-hydrogen) atoms. The third-order valence-corrected chi connectivity index (χ3v) is 3.05. The summed E-state index contributed by atoms with van der Waals surface area (Å²) in [5.74, 6) is -0.230. The van der Waals surface area contributed by atoms with Crippen molar-refractivity contribution < 1.29 is 13.2 Å². The first-order valence-electron chi connectivity index (χ1n) is 5.84. The summed E-state index contributed by atoms with van der Waals surface area (Å²) in [6, 6.07) is 4.91. The number of carbonyl (C=O) groups is 1. The van der Waals surface area contributed by atoms with Gasteiger partial charge in [-0.2, -0.15) is 0 Å². The van der Waals surface area contributed by atoms with Gasteiger partial charge in [0.25, 0.3) is 5.91 Å². The van der Waals surface area contributed by atoms with Crippen LogP contribution in [0.1, 0.15) is 15.9 Å². The van der Waals surface area contributed by atoms with Gasteiger partial charge in [-0.15, -0.1) is 0 Å². The molecule has 1 rings (SSSR count). The first-order valence-corrected chi connectivity index (χ1v) is 7.74. The Balaban J connectivity index is 2.86. The van der Waals surface area contributed by atoms with Crippen molar-refractivity contribution in [3.8, 4) is 0 Å². The molecule has 0 aliphatic carbocycles. The molecule has 0 bridgehead atoms. The molecule has 0 unspecified atom stereocenters. The fourth-order valence-corrected chi connectivity index (χ4v) is 2.10. The average Bonchev–Trinajstić information content (AvgIpc) is 2.30. The molecule has 0 fully saturated rings. The Kier molecular flexibility index (Phi) is 5.31. The minimum Gasteiger partial charge on any atom is -0.351 e. The molecule has 0 saturated heterocycles. The fourth-order valence-electron chi connectivity index (χ4n) is 1.48. The number of hydrogen-bond donors (Lipinski definition) is 3. The highest BCUT2D eigenvalue weighted by atomic mass is 32.2. The summed E-state index contributed by atoms with van der Waals surface area (Å²) in [4.78, 5) is 11.8. The monoisotopic (exact) mass is 285 g/mol. The van der Waals surface area contributed by atoms with Crippen LogP contribution in [-0.2, 0) is 10.0 Å². The van der Waals surface area contributed by atoms with Gasteiger partial charge in [0, 0.05) is 18.7 Å². The maximum atomic E-state index is 11.8. The second-order valence-electron chi connectivity index (χ2n) is 4.26. The molecule has 1 aromatic rings. The summed E-state index contributed by atoms with van der Waals surface area (Å²) in [6.45, 7) is 2.96. The highest BCUT2D eigenvalue weighted by molar-refractivity contribution is 7.92. The average molecular weight is 285 g/mol. The number of nitrogens with one attached hydrogen (secondary N) is 3. The van der Waals surface area contributed by atoms with Gasteiger partial charge in [-0.05, 0) is 31.7 Å². The Morgan fingerprint density at radius 1 is 1.26 bits per heavy atom. The lowest BCUT2D eigenvalue weighted by Crippen LogP contribution is -2.30. The van der Waals surface area contributed by atoms with Gasteiger partial charge in [-0.25, -0.2) is 8.42 Å². The third kappa shape index (κ3) is 5.27. The number of benzene rings is 1. The molecule has 0 saturated carbocycles. The van der Waals surface area contributed by atoms with Crippen LogP contribution in [0.3, 0.4) is 0 Å². The Morgan fingerprint density at radius 3 is 2.53 bits per heavy atom. The van der Waals surface area contributed by atoms with Crippen molar-refractivity contribution in [2.45, 2.75) is 6.92 Å². The van der Waals surface area contributed by atoms with E-state index >= 15 is 0 Å². The largest absolute Gasteiger partial charge is 0.351 e. The zero-order valence-electron chi connectivity index (χ0n) is 11.3. The van der Waals surface area contributed by atoms with Gasteiger partial charge >= 0.3 is 0 Å². The van der Waals surface area contributed by atoms with Crippen molar-refractivity contribution in [2.75, 3.05) is 31.1 Å². The van der Waals surface area contributed by atoms with Crippen molar-refractivity contribution in [1.29, 1.82) is 0 Å². The van der Waals surface area contributed by atoms with Crippen LogP contribution in [0.5, 0.6) is 0 Å². The van der Waals surface area contributed by atoms with Gasteiger partial charge in [-0.3, -0.25) is 9.52 Å². The van der Waals surface area contributed by atoms with E-state index in [9.17, 15) is 13.2 Å². The molecular weight excluding hydrogens is 266 g/mol. The topological polar surface area (TPSA) is 87.3 Å². The van der Waals surface area contributed by atoms with Crippen LogP contribution in [0.4, 0.5) is 5.69 Å². The van der Waals surface area contributed by atoms with Gasteiger partial charge in [-0.1, -0.05) is 6.07 Å². The van der Waals surface area contributed by atoms with Crippen molar-refractivity contribution in [3.63, 3.8) is 0 Å². The standard InChI is InChI=1S/C12H19N3O3S/c1-9-4-5-10(12(16)14-7-6-13-2)8-11(9)15-19(3,17)18/h4-5,8,13,15H,6-7H2,1-3H3,(H,14,16).